The molecule has 0 amide bonds. The van der Waals surface area contributed by atoms with Crippen LogP contribution in [0.5, 0.6) is 0 Å². The second-order valence-corrected chi connectivity index (χ2v) is 5.38. The summed E-state index contributed by atoms with van der Waals surface area (Å²) in [6.45, 7) is 0.434. The summed E-state index contributed by atoms with van der Waals surface area (Å²) in [6.07, 6.45) is 0.396. The van der Waals surface area contributed by atoms with Gasteiger partial charge in [0.05, 0.1) is 5.75 Å². The van der Waals surface area contributed by atoms with E-state index in [1.165, 1.54) is 6.07 Å². The minimum Gasteiger partial charge on any atom is -0.399 e. The fourth-order valence-corrected chi connectivity index (χ4v) is 1.86. The molecule has 16 heavy (non-hydrogen) atoms. The summed E-state index contributed by atoms with van der Waals surface area (Å²) in [6, 6.07) is 3.14. The van der Waals surface area contributed by atoms with E-state index in [-0.39, 0.29) is 10.9 Å². The predicted molar refractivity (Wildman–Crippen MR) is 64.7 cm³/mol. The number of nitrogens with two attached hydrogens (primary N) is 2. The molecule has 1 rings (SSSR count). The fourth-order valence-electron chi connectivity index (χ4n) is 1.10. The highest BCUT2D eigenvalue weighted by Crippen LogP contribution is 2.15. The molecule has 0 aliphatic carbocycles. The van der Waals surface area contributed by atoms with Crippen LogP contribution in [0.15, 0.2) is 12.1 Å². The van der Waals surface area contributed by atoms with Crippen LogP contribution < -0.4 is 16.2 Å². The van der Waals surface area contributed by atoms with E-state index < -0.39 is 10.0 Å². The topological polar surface area (TPSA) is 111 Å². The van der Waals surface area contributed by atoms with Gasteiger partial charge >= 0.3 is 0 Å². The number of aromatic nitrogens is 1. The van der Waals surface area contributed by atoms with Crippen LogP contribution in [0.4, 0.5) is 11.5 Å². The third-order valence-electron chi connectivity index (χ3n) is 1.73. The maximum Gasteiger partial charge on any atom is 0.209 e. The van der Waals surface area contributed by atoms with Crippen molar-refractivity contribution in [1.82, 2.24) is 4.98 Å². The molecule has 1 aromatic rings. The van der Waals surface area contributed by atoms with Gasteiger partial charge in [-0.2, -0.15) is 0 Å². The van der Waals surface area contributed by atoms with Crippen molar-refractivity contribution in [2.75, 3.05) is 23.3 Å². The molecule has 0 saturated carbocycles. The first kappa shape index (κ1) is 13.0. The van der Waals surface area contributed by atoms with Gasteiger partial charge in [-0.25, -0.2) is 18.5 Å². The monoisotopic (exact) mass is 264 g/mol. The van der Waals surface area contributed by atoms with Gasteiger partial charge in [0, 0.05) is 18.3 Å². The van der Waals surface area contributed by atoms with E-state index in [0.717, 1.165) is 0 Å². The maximum atomic E-state index is 10.6. The number of hydrogen-bond donors (Lipinski definition) is 3. The summed E-state index contributed by atoms with van der Waals surface area (Å²) in [5.41, 5.74) is 6.05. The van der Waals surface area contributed by atoms with Gasteiger partial charge in [0.15, 0.2) is 0 Å². The standard InChI is InChI=1S/C8H13ClN4O2S/c9-7-4-6(10)5-8(13-7)12-2-1-3-16(11,14)15/h4-5H,1-3H2,(H3,10,12,13)(H2,11,14,15). The highest BCUT2D eigenvalue weighted by atomic mass is 35.5. The number of nitrogen functional groups attached to an aromatic ring is 1. The number of pyridine rings is 1. The Morgan fingerprint density at radius 1 is 1.44 bits per heavy atom. The Kier molecular flexibility index (Phi) is 4.34. The van der Waals surface area contributed by atoms with E-state index in [2.05, 4.69) is 10.3 Å². The van der Waals surface area contributed by atoms with E-state index in [1.54, 1.807) is 6.07 Å². The zero-order valence-electron chi connectivity index (χ0n) is 8.48. The SMILES string of the molecule is Nc1cc(Cl)nc(NCCCS(N)(=O)=O)c1. The van der Waals surface area contributed by atoms with Gasteiger partial charge in [0.2, 0.25) is 10.0 Å². The van der Waals surface area contributed by atoms with Crippen molar-refractivity contribution < 1.29 is 8.42 Å². The van der Waals surface area contributed by atoms with Gasteiger partial charge in [-0.1, -0.05) is 11.6 Å². The van der Waals surface area contributed by atoms with E-state index in [4.69, 9.17) is 22.5 Å². The van der Waals surface area contributed by atoms with Crippen LogP contribution in [-0.4, -0.2) is 25.7 Å². The number of primary sulfonamides is 1. The Hall–Kier alpha value is -1.05. The summed E-state index contributed by atoms with van der Waals surface area (Å²) in [4.78, 5) is 3.96. The van der Waals surface area contributed by atoms with Crippen molar-refractivity contribution in [2.24, 2.45) is 5.14 Å². The van der Waals surface area contributed by atoms with Crippen LogP contribution in [0.25, 0.3) is 0 Å². The summed E-state index contributed by atoms with van der Waals surface area (Å²) >= 11 is 5.69. The van der Waals surface area contributed by atoms with Crippen molar-refractivity contribution >= 4 is 33.1 Å². The molecule has 5 N–H and O–H groups in total. The molecule has 8 heteroatoms. The Labute approximate surface area is 99.0 Å². The van der Waals surface area contributed by atoms with Crippen LogP contribution in [-0.2, 0) is 10.0 Å². The second kappa shape index (κ2) is 5.33. The largest absolute Gasteiger partial charge is 0.399 e. The molecule has 0 radical (unpaired) electrons. The maximum absolute atomic E-state index is 10.6. The Morgan fingerprint density at radius 3 is 2.69 bits per heavy atom. The Balaban J connectivity index is 2.43. The fraction of sp³-hybridized carbons (Fsp3) is 0.375. The van der Waals surface area contributed by atoms with E-state index in [1.807, 2.05) is 0 Å². The van der Waals surface area contributed by atoms with Gasteiger partial charge in [0.25, 0.3) is 0 Å². The molecule has 0 aliphatic rings. The molecule has 0 unspecified atom stereocenters. The minimum atomic E-state index is -3.41. The number of nitrogens with one attached hydrogen (secondary N) is 1. The van der Waals surface area contributed by atoms with Gasteiger partial charge < -0.3 is 11.1 Å². The summed E-state index contributed by atoms with van der Waals surface area (Å²) in [5, 5.41) is 8.04. The molecule has 0 saturated heterocycles. The number of anilines is 2. The third-order valence-corrected chi connectivity index (χ3v) is 2.78. The van der Waals surface area contributed by atoms with Crippen molar-refractivity contribution in [3.05, 3.63) is 17.3 Å². The molecule has 90 valence electrons. The second-order valence-electron chi connectivity index (χ2n) is 3.26. The van der Waals surface area contributed by atoms with Crippen molar-refractivity contribution in [1.29, 1.82) is 0 Å². The van der Waals surface area contributed by atoms with Gasteiger partial charge in [-0.3, -0.25) is 0 Å². The number of halogens is 1. The molecule has 0 bridgehead atoms. The van der Waals surface area contributed by atoms with E-state index in [9.17, 15) is 8.42 Å². The molecule has 0 fully saturated rings. The van der Waals surface area contributed by atoms with Gasteiger partial charge in [0.1, 0.15) is 11.0 Å². The number of rotatable bonds is 5. The first-order chi connectivity index (χ1) is 7.37. The molecular weight excluding hydrogens is 252 g/mol. The van der Waals surface area contributed by atoms with Crippen LogP contribution in [0, 0.1) is 0 Å². The average molecular weight is 265 g/mol. The first-order valence-electron chi connectivity index (χ1n) is 4.54. The molecule has 1 aromatic heterocycles. The van der Waals surface area contributed by atoms with Crippen LogP contribution in [0.2, 0.25) is 5.15 Å². The minimum absolute atomic E-state index is 0.0734. The van der Waals surface area contributed by atoms with Crippen LogP contribution >= 0.6 is 11.6 Å². The van der Waals surface area contributed by atoms with Crippen molar-refractivity contribution in [3.63, 3.8) is 0 Å². The van der Waals surface area contributed by atoms with Crippen molar-refractivity contribution in [2.45, 2.75) is 6.42 Å². The molecule has 0 atom stereocenters. The average Bonchev–Trinajstić information content (AvgIpc) is 2.09. The highest BCUT2D eigenvalue weighted by Gasteiger charge is 2.02. The molecule has 0 aromatic carbocycles. The molecule has 1 heterocycles. The highest BCUT2D eigenvalue weighted by molar-refractivity contribution is 7.89. The Bertz CT molecular complexity index is 443. The lowest BCUT2D eigenvalue weighted by atomic mass is 10.4. The first-order valence-corrected chi connectivity index (χ1v) is 6.63. The van der Waals surface area contributed by atoms with Gasteiger partial charge in [-0.05, 0) is 12.5 Å². The number of sulfonamides is 1. The lowest BCUT2D eigenvalue weighted by Gasteiger charge is -2.06. The summed E-state index contributed by atoms with van der Waals surface area (Å²) in [7, 11) is -3.41. The quantitative estimate of drug-likeness (QED) is 0.527. The number of nitrogens with zero attached hydrogens (tertiary/aromatic N) is 1. The molecule has 0 spiro atoms. The Morgan fingerprint density at radius 2 is 2.12 bits per heavy atom. The third kappa shape index (κ3) is 5.15. The molecular formula is C8H13ClN4O2S. The zero-order chi connectivity index (χ0) is 12.2. The summed E-state index contributed by atoms with van der Waals surface area (Å²) in [5.74, 6) is 0.440. The van der Waals surface area contributed by atoms with Crippen LogP contribution in [0.1, 0.15) is 6.42 Å². The lowest BCUT2D eigenvalue weighted by molar-refractivity contribution is 0.595. The van der Waals surface area contributed by atoms with E-state index in [0.29, 0.717) is 24.5 Å². The number of hydrogen-bond acceptors (Lipinski definition) is 5. The normalized spacial score (nSPS) is 11.4. The summed E-state index contributed by atoms with van der Waals surface area (Å²) < 4.78 is 21.3. The predicted octanol–water partition coefficient (Wildman–Crippen LogP) is 0.408. The van der Waals surface area contributed by atoms with Crippen molar-refractivity contribution in [3.8, 4) is 0 Å². The zero-order valence-corrected chi connectivity index (χ0v) is 10.1. The van der Waals surface area contributed by atoms with E-state index >= 15 is 0 Å². The van der Waals surface area contributed by atoms with Crippen LogP contribution in [0.3, 0.4) is 0 Å². The van der Waals surface area contributed by atoms with Gasteiger partial charge in [-0.15, -0.1) is 0 Å². The smallest absolute Gasteiger partial charge is 0.209 e. The lowest BCUT2D eigenvalue weighted by Crippen LogP contribution is -2.18. The molecule has 0 aliphatic heterocycles. The molecule has 6 nitrogen and oxygen atoms in total.